The summed E-state index contributed by atoms with van der Waals surface area (Å²) in [4.78, 5) is 12.4. The molecule has 0 saturated carbocycles. The van der Waals surface area contributed by atoms with Gasteiger partial charge in [0.15, 0.2) is 0 Å². The summed E-state index contributed by atoms with van der Waals surface area (Å²) in [6.07, 6.45) is 1.09. The molecule has 2 rings (SSSR count). The molecule has 5 nitrogen and oxygen atoms in total. The van der Waals surface area contributed by atoms with Gasteiger partial charge >= 0.3 is 0 Å². The number of sulfonamides is 1. The van der Waals surface area contributed by atoms with Crippen molar-refractivity contribution in [3.63, 3.8) is 0 Å². The van der Waals surface area contributed by atoms with E-state index in [1.54, 1.807) is 30.3 Å². The zero-order valence-corrected chi connectivity index (χ0v) is 16.2. The van der Waals surface area contributed by atoms with Crippen LogP contribution in [0.3, 0.4) is 0 Å². The number of nitrogens with zero attached hydrogens (tertiary/aromatic N) is 1. The molecule has 0 aliphatic rings. The number of anilines is 2. The number of rotatable bonds is 5. The van der Waals surface area contributed by atoms with Gasteiger partial charge in [-0.2, -0.15) is 0 Å². The van der Waals surface area contributed by atoms with E-state index in [9.17, 15) is 13.2 Å². The van der Waals surface area contributed by atoms with Crippen molar-refractivity contribution in [3.05, 3.63) is 58.1 Å². The average molecular weight is 381 g/mol. The van der Waals surface area contributed by atoms with E-state index >= 15 is 0 Å². The van der Waals surface area contributed by atoms with Crippen molar-refractivity contribution in [2.75, 3.05) is 22.4 Å². The van der Waals surface area contributed by atoms with E-state index in [-0.39, 0.29) is 6.54 Å². The molecule has 0 heterocycles. The summed E-state index contributed by atoms with van der Waals surface area (Å²) in [5.41, 5.74) is 3.68. The van der Waals surface area contributed by atoms with Crippen molar-refractivity contribution in [2.24, 2.45) is 0 Å². The second-order valence-corrected chi connectivity index (χ2v) is 8.34. The van der Waals surface area contributed by atoms with Crippen LogP contribution in [0.4, 0.5) is 11.4 Å². The topological polar surface area (TPSA) is 66.5 Å². The van der Waals surface area contributed by atoms with Gasteiger partial charge < -0.3 is 5.32 Å². The van der Waals surface area contributed by atoms with E-state index in [0.29, 0.717) is 16.4 Å². The molecule has 1 amide bonds. The Morgan fingerprint density at radius 2 is 1.80 bits per heavy atom. The summed E-state index contributed by atoms with van der Waals surface area (Å²) in [5.74, 6) is -0.434. The molecule has 0 aliphatic carbocycles. The zero-order chi connectivity index (χ0) is 18.8. The third-order valence-corrected chi connectivity index (χ3v) is 5.37. The molecule has 0 radical (unpaired) electrons. The maximum Gasteiger partial charge on any atom is 0.245 e. The van der Waals surface area contributed by atoms with E-state index in [1.807, 2.05) is 26.8 Å². The van der Waals surface area contributed by atoms with Crippen LogP contribution in [0.1, 0.15) is 16.7 Å². The monoisotopic (exact) mass is 380 g/mol. The van der Waals surface area contributed by atoms with Crippen LogP contribution >= 0.6 is 11.6 Å². The first-order chi connectivity index (χ1) is 11.6. The Balaban J connectivity index is 2.30. The maximum atomic E-state index is 12.4. The number of nitrogens with one attached hydrogen (secondary N) is 1. The second-order valence-electron chi connectivity index (χ2n) is 6.00. The first kappa shape index (κ1) is 19.3. The van der Waals surface area contributed by atoms with Crippen LogP contribution in [0.15, 0.2) is 36.4 Å². The third-order valence-electron chi connectivity index (χ3n) is 4.01. The first-order valence-electron chi connectivity index (χ1n) is 7.69. The molecule has 0 aliphatic heterocycles. The van der Waals surface area contributed by atoms with E-state index in [0.717, 1.165) is 27.3 Å². The minimum absolute atomic E-state index is 0.310. The Bertz CT molecular complexity index is 911. The van der Waals surface area contributed by atoms with Gasteiger partial charge in [0.2, 0.25) is 15.9 Å². The fraction of sp³-hybridized carbons (Fsp3) is 0.278. The summed E-state index contributed by atoms with van der Waals surface area (Å²) < 4.78 is 25.6. The van der Waals surface area contributed by atoms with E-state index in [2.05, 4.69) is 5.32 Å². The Morgan fingerprint density at radius 1 is 1.12 bits per heavy atom. The summed E-state index contributed by atoms with van der Waals surface area (Å²) in [7, 11) is -3.62. The largest absolute Gasteiger partial charge is 0.324 e. The van der Waals surface area contributed by atoms with Crippen molar-refractivity contribution in [3.8, 4) is 0 Å². The van der Waals surface area contributed by atoms with Crippen molar-refractivity contribution in [1.82, 2.24) is 0 Å². The van der Waals surface area contributed by atoms with Crippen LogP contribution in [0.25, 0.3) is 0 Å². The highest BCUT2D eigenvalue weighted by atomic mass is 35.5. The molecule has 1 N–H and O–H groups in total. The number of hydrogen-bond donors (Lipinski definition) is 1. The minimum atomic E-state index is -3.62. The van der Waals surface area contributed by atoms with Gasteiger partial charge in [-0.3, -0.25) is 9.10 Å². The molecule has 7 heteroatoms. The average Bonchev–Trinajstić information content (AvgIpc) is 2.51. The minimum Gasteiger partial charge on any atom is -0.324 e. The molecule has 0 atom stereocenters. The van der Waals surface area contributed by atoms with Crippen molar-refractivity contribution >= 4 is 38.9 Å². The highest BCUT2D eigenvalue weighted by Crippen LogP contribution is 2.25. The molecule has 134 valence electrons. The predicted octanol–water partition coefficient (Wildman–Crippen LogP) is 3.67. The van der Waals surface area contributed by atoms with Gasteiger partial charge in [-0.05, 0) is 55.7 Å². The molecule has 0 aromatic heterocycles. The van der Waals surface area contributed by atoms with Crippen LogP contribution in [0.5, 0.6) is 0 Å². The summed E-state index contributed by atoms with van der Waals surface area (Å²) >= 11 is 5.96. The maximum absolute atomic E-state index is 12.4. The van der Waals surface area contributed by atoms with Gasteiger partial charge in [-0.1, -0.05) is 29.8 Å². The lowest BCUT2D eigenvalue weighted by Gasteiger charge is -2.24. The molecule has 2 aromatic rings. The van der Waals surface area contributed by atoms with Crippen LogP contribution < -0.4 is 9.62 Å². The Kier molecular flexibility index (Phi) is 5.75. The smallest absolute Gasteiger partial charge is 0.245 e. The highest BCUT2D eigenvalue weighted by molar-refractivity contribution is 7.92. The second kappa shape index (κ2) is 7.45. The molecular weight excluding hydrogens is 360 g/mol. The summed E-state index contributed by atoms with van der Waals surface area (Å²) in [5, 5.41) is 3.22. The van der Waals surface area contributed by atoms with Gasteiger partial charge in [-0.15, -0.1) is 0 Å². The number of benzene rings is 2. The van der Waals surface area contributed by atoms with Crippen LogP contribution in [-0.2, 0) is 14.8 Å². The quantitative estimate of drug-likeness (QED) is 0.860. The lowest BCUT2D eigenvalue weighted by atomic mass is 10.1. The van der Waals surface area contributed by atoms with Crippen molar-refractivity contribution in [2.45, 2.75) is 20.8 Å². The SMILES string of the molecule is Cc1ccc(Cl)cc1NC(=O)CN(c1cccc(C)c1C)S(C)(=O)=O. The van der Waals surface area contributed by atoms with Crippen molar-refractivity contribution in [1.29, 1.82) is 0 Å². The van der Waals surface area contributed by atoms with Crippen LogP contribution in [-0.4, -0.2) is 27.1 Å². The number of halogens is 1. The lowest BCUT2D eigenvalue weighted by molar-refractivity contribution is -0.114. The van der Waals surface area contributed by atoms with Crippen molar-refractivity contribution < 1.29 is 13.2 Å². The fourth-order valence-electron chi connectivity index (χ4n) is 2.44. The Hall–Kier alpha value is -2.05. The van der Waals surface area contributed by atoms with Crippen LogP contribution in [0.2, 0.25) is 5.02 Å². The van der Waals surface area contributed by atoms with Gasteiger partial charge in [0.1, 0.15) is 6.54 Å². The summed E-state index contributed by atoms with van der Waals surface area (Å²) in [6, 6.07) is 10.5. The fourth-order valence-corrected chi connectivity index (χ4v) is 3.51. The van der Waals surface area contributed by atoms with E-state index in [4.69, 9.17) is 11.6 Å². The molecular formula is C18H21ClN2O3S. The van der Waals surface area contributed by atoms with Gasteiger partial charge in [0, 0.05) is 10.7 Å². The summed E-state index contributed by atoms with van der Waals surface area (Å²) in [6.45, 7) is 5.26. The van der Waals surface area contributed by atoms with Gasteiger partial charge in [-0.25, -0.2) is 8.42 Å². The Morgan fingerprint density at radius 3 is 2.44 bits per heavy atom. The first-order valence-corrected chi connectivity index (χ1v) is 9.92. The standard InChI is InChI=1S/C18H21ClN2O3S/c1-12-6-5-7-17(14(12)3)21(25(4,23)24)11-18(22)20-16-10-15(19)9-8-13(16)2/h5-10H,11H2,1-4H3,(H,20,22). The number of hydrogen-bond acceptors (Lipinski definition) is 3. The molecule has 0 spiro atoms. The molecule has 0 unspecified atom stereocenters. The molecule has 0 bridgehead atoms. The zero-order valence-electron chi connectivity index (χ0n) is 14.6. The number of carbonyl (C=O) groups is 1. The molecule has 0 fully saturated rings. The molecule has 2 aromatic carbocycles. The highest BCUT2D eigenvalue weighted by Gasteiger charge is 2.23. The number of amides is 1. The normalized spacial score (nSPS) is 11.2. The number of carbonyl (C=O) groups excluding carboxylic acids is 1. The Labute approximate surface area is 153 Å². The van der Waals surface area contributed by atoms with E-state index < -0.39 is 15.9 Å². The van der Waals surface area contributed by atoms with Crippen LogP contribution in [0, 0.1) is 20.8 Å². The third kappa shape index (κ3) is 4.74. The van der Waals surface area contributed by atoms with E-state index in [1.165, 1.54) is 0 Å². The molecule has 0 saturated heterocycles. The number of aryl methyl sites for hydroxylation is 2. The van der Waals surface area contributed by atoms with Gasteiger partial charge in [0.05, 0.1) is 11.9 Å². The van der Waals surface area contributed by atoms with Gasteiger partial charge in [0.25, 0.3) is 0 Å². The lowest BCUT2D eigenvalue weighted by Crippen LogP contribution is -2.38. The predicted molar refractivity (Wildman–Crippen MR) is 103 cm³/mol. The molecule has 25 heavy (non-hydrogen) atoms.